The first-order valence-corrected chi connectivity index (χ1v) is 10.8. The fourth-order valence-electron chi connectivity index (χ4n) is 3.56. The van der Waals surface area contributed by atoms with Crippen LogP contribution in [0.2, 0.25) is 0 Å². The highest BCUT2D eigenvalue weighted by atomic mass is 16.5. The van der Waals surface area contributed by atoms with Gasteiger partial charge in [-0.15, -0.1) is 0 Å². The average molecular weight is 440 g/mol. The Balaban J connectivity index is 1.46. The molecule has 0 spiro atoms. The van der Waals surface area contributed by atoms with Crippen molar-refractivity contribution in [3.8, 4) is 11.5 Å². The van der Waals surface area contributed by atoms with Crippen LogP contribution in [0.15, 0.2) is 48.5 Å². The minimum absolute atomic E-state index is 0.0180. The van der Waals surface area contributed by atoms with E-state index in [1.165, 1.54) is 6.92 Å². The molecule has 3 amide bonds. The molecule has 0 bridgehead atoms. The molecule has 3 rings (SSSR count). The van der Waals surface area contributed by atoms with Crippen LogP contribution in [0, 0.1) is 0 Å². The number of anilines is 1. The van der Waals surface area contributed by atoms with Crippen molar-refractivity contribution in [2.45, 2.75) is 32.7 Å². The Kier molecular flexibility index (Phi) is 8.08. The van der Waals surface area contributed by atoms with Crippen molar-refractivity contribution >= 4 is 23.4 Å². The number of benzene rings is 2. The topological polar surface area (TPSA) is 97.0 Å². The van der Waals surface area contributed by atoms with Gasteiger partial charge in [0.1, 0.15) is 0 Å². The van der Waals surface area contributed by atoms with Crippen molar-refractivity contribution in [1.82, 2.24) is 10.2 Å². The zero-order valence-corrected chi connectivity index (χ0v) is 18.4. The molecule has 1 aliphatic heterocycles. The molecular weight excluding hydrogens is 410 g/mol. The van der Waals surface area contributed by atoms with Gasteiger partial charge in [-0.05, 0) is 50.1 Å². The Labute approximate surface area is 187 Å². The highest BCUT2D eigenvalue weighted by Gasteiger charge is 2.24. The van der Waals surface area contributed by atoms with Gasteiger partial charge < -0.3 is 25.0 Å². The van der Waals surface area contributed by atoms with Crippen LogP contribution in [0.1, 0.15) is 37.0 Å². The van der Waals surface area contributed by atoms with Crippen molar-refractivity contribution in [2.75, 3.05) is 31.6 Å². The Morgan fingerprint density at radius 3 is 2.34 bits per heavy atom. The van der Waals surface area contributed by atoms with Crippen LogP contribution in [0.5, 0.6) is 11.5 Å². The molecule has 0 aliphatic carbocycles. The van der Waals surface area contributed by atoms with Crippen molar-refractivity contribution in [3.63, 3.8) is 0 Å². The minimum Gasteiger partial charge on any atom is -0.490 e. The fraction of sp³-hybridized carbons (Fsp3) is 0.375. The summed E-state index contributed by atoms with van der Waals surface area (Å²) in [6, 6.07) is 14.1. The summed E-state index contributed by atoms with van der Waals surface area (Å²) in [5.41, 5.74) is 1.06. The molecule has 1 saturated heterocycles. The number of para-hydroxylation sites is 2. The second-order valence-electron chi connectivity index (χ2n) is 7.56. The van der Waals surface area contributed by atoms with Crippen molar-refractivity contribution < 1.29 is 23.9 Å². The molecule has 1 fully saturated rings. The number of ether oxygens (including phenoxy) is 2. The normalized spacial score (nSPS) is 13.9. The maximum absolute atomic E-state index is 12.6. The second kappa shape index (κ2) is 11.2. The van der Waals surface area contributed by atoms with Crippen molar-refractivity contribution in [2.24, 2.45) is 0 Å². The molecule has 0 atom stereocenters. The van der Waals surface area contributed by atoms with Gasteiger partial charge in [0.2, 0.25) is 5.91 Å². The number of piperidine rings is 1. The first kappa shape index (κ1) is 23.1. The molecule has 32 heavy (non-hydrogen) atoms. The Bertz CT molecular complexity index is 954. The number of nitrogens with zero attached hydrogens (tertiary/aromatic N) is 1. The largest absolute Gasteiger partial charge is 0.490 e. The predicted molar refractivity (Wildman–Crippen MR) is 121 cm³/mol. The lowest BCUT2D eigenvalue weighted by Crippen LogP contribution is -2.47. The van der Waals surface area contributed by atoms with Gasteiger partial charge >= 0.3 is 0 Å². The molecule has 170 valence electrons. The van der Waals surface area contributed by atoms with Crippen LogP contribution in [0.4, 0.5) is 5.69 Å². The van der Waals surface area contributed by atoms with E-state index in [0.29, 0.717) is 55.3 Å². The van der Waals surface area contributed by atoms with Gasteiger partial charge in [0.25, 0.3) is 11.8 Å². The van der Waals surface area contributed by atoms with E-state index in [-0.39, 0.29) is 30.4 Å². The van der Waals surface area contributed by atoms with Gasteiger partial charge in [0, 0.05) is 37.3 Å². The Morgan fingerprint density at radius 1 is 1.00 bits per heavy atom. The number of rotatable bonds is 8. The molecule has 2 aromatic rings. The quantitative estimate of drug-likeness (QED) is 0.659. The zero-order chi connectivity index (χ0) is 22.9. The van der Waals surface area contributed by atoms with E-state index in [1.54, 1.807) is 35.2 Å². The number of carbonyl (C=O) groups excluding carboxylic acids is 3. The maximum atomic E-state index is 12.6. The summed E-state index contributed by atoms with van der Waals surface area (Å²) in [7, 11) is 0. The third-order valence-electron chi connectivity index (χ3n) is 5.13. The van der Waals surface area contributed by atoms with Gasteiger partial charge in [-0.2, -0.15) is 0 Å². The molecule has 8 nitrogen and oxygen atoms in total. The summed E-state index contributed by atoms with van der Waals surface area (Å²) in [6.45, 7) is 4.87. The molecule has 0 unspecified atom stereocenters. The van der Waals surface area contributed by atoms with E-state index in [9.17, 15) is 14.4 Å². The van der Waals surface area contributed by atoms with Crippen LogP contribution in [-0.2, 0) is 9.59 Å². The second-order valence-corrected chi connectivity index (χ2v) is 7.56. The first-order chi connectivity index (χ1) is 15.5. The SMILES string of the molecule is CCOc1ccccc1OCC(=O)N1CCC(NC(=O)c2cccc(NC(C)=O)c2)CC1. The van der Waals surface area contributed by atoms with E-state index in [2.05, 4.69) is 10.6 Å². The van der Waals surface area contributed by atoms with E-state index in [1.807, 2.05) is 25.1 Å². The number of amides is 3. The van der Waals surface area contributed by atoms with Crippen LogP contribution in [0.25, 0.3) is 0 Å². The molecule has 0 aromatic heterocycles. The third kappa shape index (κ3) is 6.47. The van der Waals surface area contributed by atoms with E-state index in [0.717, 1.165) is 0 Å². The lowest BCUT2D eigenvalue weighted by molar-refractivity contribution is -0.134. The smallest absolute Gasteiger partial charge is 0.260 e. The summed E-state index contributed by atoms with van der Waals surface area (Å²) in [4.78, 5) is 38.1. The molecule has 1 heterocycles. The molecule has 2 N–H and O–H groups in total. The number of carbonyl (C=O) groups is 3. The standard InChI is InChI=1S/C24H29N3O5/c1-3-31-21-9-4-5-10-22(21)32-16-23(29)27-13-11-19(12-14-27)26-24(30)18-7-6-8-20(15-18)25-17(2)28/h4-10,15,19H,3,11-14,16H2,1-2H3,(H,25,28)(H,26,30). The van der Waals surface area contributed by atoms with E-state index >= 15 is 0 Å². The molecular formula is C24H29N3O5. The fourth-order valence-corrected chi connectivity index (χ4v) is 3.56. The lowest BCUT2D eigenvalue weighted by Gasteiger charge is -2.32. The van der Waals surface area contributed by atoms with Gasteiger partial charge in [-0.1, -0.05) is 18.2 Å². The van der Waals surface area contributed by atoms with Crippen LogP contribution in [0.3, 0.4) is 0 Å². The molecule has 2 aromatic carbocycles. The third-order valence-corrected chi connectivity index (χ3v) is 5.13. The predicted octanol–water partition coefficient (Wildman–Crippen LogP) is 2.84. The monoisotopic (exact) mass is 439 g/mol. The maximum Gasteiger partial charge on any atom is 0.260 e. The molecule has 8 heteroatoms. The minimum atomic E-state index is -0.196. The van der Waals surface area contributed by atoms with Gasteiger partial charge in [-0.3, -0.25) is 14.4 Å². The van der Waals surface area contributed by atoms with Gasteiger partial charge in [0.15, 0.2) is 18.1 Å². The lowest BCUT2D eigenvalue weighted by atomic mass is 10.0. The Hall–Kier alpha value is -3.55. The van der Waals surface area contributed by atoms with Crippen LogP contribution >= 0.6 is 0 Å². The molecule has 0 saturated carbocycles. The van der Waals surface area contributed by atoms with E-state index < -0.39 is 0 Å². The van der Waals surface area contributed by atoms with E-state index in [4.69, 9.17) is 9.47 Å². The van der Waals surface area contributed by atoms with Gasteiger partial charge in [0.05, 0.1) is 6.61 Å². The number of nitrogens with one attached hydrogen (secondary N) is 2. The summed E-state index contributed by atoms with van der Waals surface area (Å²) < 4.78 is 11.2. The summed E-state index contributed by atoms with van der Waals surface area (Å²) in [5, 5.41) is 5.69. The highest BCUT2D eigenvalue weighted by molar-refractivity contribution is 5.97. The first-order valence-electron chi connectivity index (χ1n) is 10.8. The molecule has 1 aliphatic rings. The zero-order valence-electron chi connectivity index (χ0n) is 18.4. The number of hydrogen-bond acceptors (Lipinski definition) is 5. The summed E-state index contributed by atoms with van der Waals surface area (Å²) in [5.74, 6) is 0.685. The van der Waals surface area contributed by atoms with Crippen molar-refractivity contribution in [1.29, 1.82) is 0 Å². The number of likely N-dealkylation sites (tertiary alicyclic amines) is 1. The van der Waals surface area contributed by atoms with Gasteiger partial charge in [-0.25, -0.2) is 0 Å². The van der Waals surface area contributed by atoms with Crippen LogP contribution in [-0.4, -0.2) is 55.0 Å². The molecule has 0 radical (unpaired) electrons. The van der Waals surface area contributed by atoms with Crippen LogP contribution < -0.4 is 20.1 Å². The summed E-state index contributed by atoms with van der Waals surface area (Å²) >= 11 is 0. The van der Waals surface area contributed by atoms with Crippen molar-refractivity contribution in [3.05, 3.63) is 54.1 Å². The highest BCUT2D eigenvalue weighted by Crippen LogP contribution is 2.26. The summed E-state index contributed by atoms with van der Waals surface area (Å²) in [6.07, 6.45) is 1.33. The number of hydrogen-bond donors (Lipinski definition) is 2. The average Bonchev–Trinajstić information content (AvgIpc) is 2.79. The Morgan fingerprint density at radius 2 is 1.69 bits per heavy atom.